The van der Waals surface area contributed by atoms with Gasteiger partial charge in [-0.25, -0.2) is 4.98 Å². The van der Waals surface area contributed by atoms with Crippen LogP contribution in [0.5, 0.6) is 0 Å². The Morgan fingerprint density at radius 3 is 2.84 bits per heavy atom. The van der Waals surface area contributed by atoms with Crippen LogP contribution in [-0.2, 0) is 6.42 Å². The van der Waals surface area contributed by atoms with Crippen LogP contribution in [0.4, 0.5) is 0 Å². The molecule has 0 atom stereocenters. The summed E-state index contributed by atoms with van der Waals surface area (Å²) in [5.74, 6) is 1.50. The van der Waals surface area contributed by atoms with Gasteiger partial charge in [-0.15, -0.1) is 0 Å². The number of hydrogen-bond donors (Lipinski definition) is 1. The third-order valence-electron chi connectivity index (χ3n) is 3.79. The third-order valence-corrected chi connectivity index (χ3v) is 3.79. The molecule has 1 heterocycles. The molecule has 0 saturated heterocycles. The van der Waals surface area contributed by atoms with Crippen LogP contribution >= 0.6 is 0 Å². The molecule has 1 aliphatic carbocycles. The van der Waals surface area contributed by atoms with Crippen LogP contribution in [0.3, 0.4) is 0 Å². The normalized spacial score (nSPS) is 14.4. The summed E-state index contributed by atoms with van der Waals surface area (Å²) in [6, 6.07) is 6.71. The van der Waals surface area contributed by atoms with Gasteiger partial charge in [-0.05, 0) is 42.5 Å². The zero-order valence-electron chi connectivity index (χ0n) is 11.8. The summed E-state index contributed by atoms with van der Waals surface area (Å²) in [4.78, 5) is 7.87. The lowest BCUT2D eigenvalue weighted by Gasteiger charge is -2.14. The van der Waals surface area contributed by atoms with Crippen LogP contribution in [0, 0.1) is 0 Å². The fourth-order valence-electron chi connectivity index (χ4n) is 2.58. The Balaban J connectivity index is 0.00000147. The molecule has 0 bridgehead atoms. The van der Waals surface area contributed by atoms with Crippen molar-refractivity contribution in [1.82, 2.24) is 9.97 Å². The van der Waals surface area contributed by atoms with E-state index in [0.29, 0.717) is 5.92 Å². The van der Waals surface area contributed by atoms with Gasteiger partial charge in [0.25, 0.3) is 0 Å². The van der Waals surface area contributed by atoms with Crippen molar-refractivity contribution in [2.75, 3.05) is 0 Å². The van der Waals surface area contributed by atoms with Gasteiger partial charge in [0.15, 0.2) is 0 Å². The topological polar surface area (TPSA) is 28.7 Å². The number of allylic oxidation sites excluding steroid dienone is 1. The molecule has 1 aromatic heterocycles. The van der Waals surface area contributed by atoms with Gasteiger partial charge in [0, 0.05) is 7.34 Å². The zero-order valence-corrected chi connectivity index (χ0v) is 11.8. The standard InChI is InChI=1S/C17H20N2.H2/c1-11(2)17-18-10-16(19-17)15-7-6-13-8-12(3)4-5-14(13)9-15;/h6-11H,4-5H2,1-3H3,(H,18,19);1H. The van der Waals surface area contributed by atoms with Gasteiger partial charge in [0.2, 0.25) is 0 Å². The highest BCUT2D eigenvalue weighted by molar-refractivity contribution is 5.67. The number of fused-ring (bicyclic) bond motifs is 1. The van der Waals surface area contributed by atoms with Gasteiger partial charge in [-0.2, -0.15) is 0 Å². The first-order valence-corrected chi connectivity index (χ1v) is 6.99. The summed E-state index contributed by atoms with van der Waals surface area (Å²) in [6.45, 7) is 6.52. The van der Waals surface area contributed by atoms with E-state index in [0.717, 1.165) is 17.9 Å². The van der Waals surface area contributed by atoms with E-state index >= 15 is 0 Å². The second kappa shape index (κ2) is 4.69. The summed E-state index contributed by atoms with van der Waals surface area (Å²) in [5, 5.41) is 0. The number of nitrogens with zero attached hydrogens (tertiary/aromatic N) is 1. The van der Waals surface area contributed by atoms with Crippen molar-refractivity contribution < 1.29 is 1.43 Å². The molecule has 0 aliphatic heterocycles. The van der Waals surface area contributed by atoms with Gasteiger partial charge in [-0.1, -0.05) is 37.6 Å². The van der Waals surface area contributed by atoms with Crippen LogP contribution in [0.15, 0.2) is 30.0 Å². The number of benzene rings is 1. The molecule has 0 radical (unpaired) electrons. The predicted octanol–water partition coefficient (Wildman–Crippen LogP) is 4.80. The molecule has 0 unspecified atom stereocenters. The average Bonchev–Trinajstić information content (AvgIpc) is 2.88. The van der Waals surface area contributed by atoms with Gasteiger partial charge in [-0.3, -0.25) is 0 Å². The number of H-pyrrole nitrogens is 1. The minimum absolute atomic E-state index is 0. The van der Waals surface area contributed by atoms with Gasteiger partial charge in [0.1, 0.15) is 5.82 Å². The van der Waals surface area contributed by atoms with Crippen LogP contribution in [0.2, 0.25) is 0 Å². The molecule has 0 fully saturated rings. The molecule has 0 spiro atoms. The molecule has 2 heteroatoms. The highest BCUT2D eigenvalue weighted by Crippen LogP contribution is 2.28. The first-order chi connectivity index (χ1) is 9.13. The monoisotopic (exact) mass is 254 g/mol. The van der Waals surface area contributed by atoms with Crippen molar-refractivity contribution in [3.63, 3.8) is 0 Å². The Labute approximate surface area is 116 Å². The quantitative estimate of drug-likeness (QED) is 0.819. The van der Waals surface area contributed by atoms with E-state index in [4.69, 9.17) is 0 Å². The number of rotatable bonds is 2. The molecule has 100 valence electrons. The molecule has 19 heavy (non-hydrogen) atoms. The Bertz CT molecular complexity index is 638. The van der Waals surface area contributed by atoms with E-state index in [9.17, 15) is 0 Å². The molecular formula is C17H22N2. The predicted molar refractivity (Wildman–Crippen MR) is 82.2 cm³/mol. The molecule has 2 nitrogen and oxygen atoms in total. The van der Waals surface area contributed by atoms with E-state index in [-0.39, 0.29) is 1.43 Å². The SMILES string of the molecule is CC1=Cc2ccc(-c3cnc(C(C)C)[nH]3)cc2CC1.[HH]. The molecule has 2 aromatic rings. The number of aryl methyl sites for hydroxylation is 1. The van der Waals surface area contributed by atoms with Gasteiger partial charge in [0.05, 0.1) is 11.9 Å². The lowest BCUT2D eigenvalue weighted by molar-refractivity contribution is 0.795. The Kier molecular flexibility index (Phi) is 3.02. The third kappa shape index (κ3) is 2.35. The largest absolute Gasteiger partial charge is 0.342 e. The van der Waals surface area contributed by atoms with Crippen molar-refractivity contribution >= 4 is 6.08 Å². The van der Waals surface area contributed by atoms with Crippen molar-refractivity contribution in [2.24, 2.45) is 0 Å². The zero-order chi connectivity index (χ0) is 13.4. The minimum Gasteiger partial charge on any atom is -0.342 e. The number of nitrogens with one attached hydrogen (secondary N) is 1. The lowest BCUT2D eigenvalue weighted by atomic mass is 9.91. The molecule has 3 rings (SSSR count). The number of imidazole rings is 1. The summed E-state index contributed by atoms with van der Waals surface area (Å²) in [6.07, 6.45) is 6.57. The fourth-order valence-corrected chi connectivity index (χ4v) is 2.58. The maximum atomic E-state index is 4.45. The van der Waals surface area contributed by atoms with E-state index in [1.807, 2.05) is 6.20 Å². The summed E-state index contributed by atoms with van der Waals surface area (Å²) in [7, 11) is 0. The van der Waals surface area contributed by atoms with Crippen molar-refractivity contribution in [2.45, 2.75) is 39.5 Å². The summed E-state index contributed by atoms with van der Waals surface area (Å²) < 4.78 is 0. The highest BCUT2D eigenvalue weighted by Gasteiger charge is 2.11. The van der Waals surface area contributed by atoms with Crippen LogP contribution in [-0.4, -0.2) is 9.97 Å². The Morgan fingerprint density at radius 2 is 2.11 bits per heavy atom. The van der Waals surface area contributed by atoms with E-state index < -0.39 is 0 Å². The van der Waals surface area contributed by atoms with Gasteiger partial charge < -0.3 is 4.98 Å². The highest BCUT2D eigenvalue weighted by atomic mass is 14.9. The Morgan fingerprint density at radius 1 is 1.26 bits per heavy atom. The first kappa shape index (κ1) is 12.2. The number of hydrogen-bond acceptors (Lipinski definition) is 1. The van der Waals surface area contributed by atoms with E-state index in [1.165, 1.54) is 28.7 Å². The molecule has 0 amide bonds. The fraction of sp³-hybridized carbons (Fsp3) is 0.353. The van der Waals surface area contributed by atoms with E-state index in [1.54, 1.807) is 0 Å². The molecule has 1 aromatic carbocycles. The van der Waals surface area contributed by atoms with Crippen LogP contribution in [0.25, 0.3) is 17.3 Å². The van der Waals surface area contributed by atoms with E-state index in [2.05, 4.69) is 55.0 Å². The van der Waals surface area contributed by atoms with Crippen LogP contribution < -0.4 is 0 Å². The second-order valence-electron chi connectivity index (χ2n) is 5.74. The maximum Gasteiger partial charge on any atom is 0.109 e. The second-order valence-corrected chi connectivity index (χ2v) is 5.74. The number of aromatic amines is 1. The summed E-state index contributed by atoms with van der Waals surface area (Å²) >= 11 is 0. The maximum absolute atomic E-state index is 4.45. The van der Waals surface area contributed by atoms with Crippen molar-refractivity contribution in [1.29, 1.82) is 0 Å². The Hall–Kier alpha value is -1.83. The molecule has 0 saturated carbocycles. The van der Waals surface area contributed by atoms with Crippen molar-refractivity contribution in [3.8, 4) is 11.3 Å². The summed E-state index contributed by atoms with van der Waals surface area (Å²) in [5.41, 5.74) is 6.66. The average molecular weight is 254 g/mol. The molecule has 1 aliphatic rings. The van der Waals surface area contributed by atoms with Gasteiger partial charge >= 0.3 is 0 Å². The lowest BCUT2D eigenvalue weighted by Crippen LogP contribution is -1.97. The molecule has 1 N–H and O–H groups in total. The molecular weight excluding hydrogens is 232 g/mol. The minimum atomic E-state index is 0. The first-order valence-electron chi connectivity index (χ1n) is 6.99. The smallest absolute Gasteiger partial charge is 0.109 e. The number of aromatic nitrogens is 2. The van der Waals surface area contributed by atoms with Crippen LogP contribution in [0.1, 0.15) is 51.5 Å². The van der Waals surface area contributed by atoms with Crippen molar-refractivity contribution in [3.05, 3.63) is 46.9 Å².